The summed E-state index contributed by atoms with van der Waals surface area (Å²) in [5, 5.41) is 9.40. The highest BCUT2D eigenvalue weighted by Gasteiger charge is 2.50. The number of rotatable bonds is 6. The molecule has 144 valence electrons. The van der Waals surface area contributed by atoms with Gasteiger partial charge in [0.1, 0.15) is 33.1 Å². The van der Waals surface area contributed by atoms with Gasteiger partial charge < -0.3 is 9.66 Å². The van der Waals surface area contributed by atoms with Crippen molar-refractivity contribution < 1.29 is 31.6 Å². The Morgan fingerprint density at radius 2 is 1.88 bits per heavy atom. The molecule has 1 unspecified atom stereocenters. The van der Waals surface area contributed by atoms with Crippen LogP contribution in [0.4, 0.5) is 22.0 Å². The first-order valence-corrected chi connectivity index (χ1v) is 9.00. The molecule has 0 fully saturated rings. The minimum atomic E-state index is -5.06. The van der Waals surface area contributed by atoms with Gasteiger partial charge >= 0.3 is 6.18 Å². The second-order valence-electron chi connectivity index (χ2n) is 6.42. The normalized spacial score (nSPS) is 17.9. The van der Waals surface area contributed by atoms with Crippen molar-refractivity contribution in [3.05, 3.63) is 28.2 Å². The second kappa shape index (κ2) is 8.03. The van der Waals surface area contributed by atoms with E-state index >= 15 is 0 Å². The van der Waals surface area contributed by atoms with Crippen molar-refractivity contribution in [1.82, 2.24) is 9.71 Å². The number of nitrogens with zero attached hydrogens (tertiary/aromatic N) is 1. The molecule has 1 aromatic heterocycles. The monoisotopic (exact) mass is 452 g/mol. The van der Waals surface area contributed by atoms with Crippen molar-refractivity contribution in [3.8, 4) is 0 Å². The first-order valence-electron chi connectivity index (χ1n) is 7.06. The third kappa shape index (κ3) is 5.75. The molecular weight excluding hydrogens is 435 g/mol. The summed E-state index contributed by atoms with van der Waals surface area (Å²) in [4.78, 5) is 3.71. The van der Waals surface area contributed by atoms with E-state index in [1.165, 1.54) is 26.8 Å². The van der Waals surface area contributed by atoms with Crippen LogP contribution >= 0.6 is 15.9 Å². The lowest BCUT2D eigenvalue weighted by Crippen LogP contribution is -2.56. The minimum Gasteiger partial charge on any atom is -0.598 e. The summed E-state index contributed by atoms with van der Waals surface area (Å²) < 4.78 is 80.1. The molecule has 1 rings (SSSR count). The number of aromatic nitrogens is 1. The summed E-state index contributed by atoms with van der Waals surface area (Å²) in [6.07, 6.45) is -9.32. The molecule has 0 saturated heterocycles. The molecule has 0 aliphatic carbocycles. The lowest BCUT2D eigenvalue weighted by atomic mass is 9.89. The molecular formula is C14H18BrF5N2O2S. The van der Waals surface area contributed by atoms with Gasteiger partial charge in [0.2, 0.25) is 0 Å². The molecule has 2 N–H and O–H groups in total. The van der Waals surface area contributed by atoms with Crippen molar-refractivity contribution in [2.24, 2.45) is 0 Å². The number of hydrogen-bond acceptors (Lipinski definition) is 4. The highest BCUT2D eigenvalue weighted by molar-refractivity contribution is 9.10. The van der Waals surface area contributed by atoms with Gasteiger partial charge in [-0.1, -0.05) is 0 Å². The number of halogens is 6. The van der Waals surface area contributed by atoms with Gasteiger partial charge in [-0.2, -0.15) is 13.2 Å². The smallest absolute Gasteiger partial charge is 0.414 e. The van der Waals surface area contributed by atoms with Crippen LogP contribution < -0.4 is 4.72 Å². The SMILES string of the molecule is CC(C)(C)[S+]([O-])N[C@@](CF)(C[C@H](O)C(F)(F)F)c1nc(Br)ccc1F. The van der Waals surface area contributed by atoms with Crippen LogP contribution in [0.2, 0.25) is 0 Å². The summed E-state index contributed by atoms with van der Waals surface area (Å²) in [7, 11) is 0. The Balaban J connectivity index is 3.44. The van der Waals surface area contributed by atoms with E-state index in [-0.39, 0.29) is 4.60 Å². The summed E-state index contributed by atoms with van der Waals surface area (Å²) >= 11 is 0.885. The summed E-state index contributed by atoms with van der Waals surface area (Å²) in [5.41, 5.74) is -3.13. The molecule has 0 radical (unpaired) electrons. The van der Waals surface area contributed by atoms with Crippen molar-refractivity contribution in [3.63, 3.8) is 0 Å². The number of pyridine rings is 1. The lowest BCUT2D eigenvalue weighted by molar-refractivity contribution is -0.210. The van der Waals surface area contributed by atoms with E-state index in [0.717, 1.165) is 6.07 Å². The van der Waals surface area contributed by atoms with Gasteiger partial charge in [-0.25, -0.2) is 13.8 Å². The van der Waals surface area contributed by atoms with Gasteiger partial charge in [-0.3, -0.25) is 0 Å². The van der Waals surface area contributed by atoms with Crippen molar-refractivity contribution in [1.29, 1.82) is 0 Å². The van der Waals surface area contributed by atoms with Crippen LogP contribution in [0.25, 0.3) is 0 Å². The molecule has 4 nitrogen and oxygen atoms in total. The molecule has 3 atom stereocenters. The largest absolute Gasteiger partial charge is 0.598 e. The van der Waals surface area contributed by atoms with E-state index in [2.05, 4.69) is 25.6 Å². The molecule has 0 spiro atoms. The summed E-state index contributed by atoms with van der Waals surface area (Å²) in [6.45, 7) is 2.94. The number of alkyl halides is 4. The average molecular weight is 453 g/mol. The molecule has 0 bridgehead atoms. The topological polar surface area (TPSA) is 68.2 Å². The zero-order valence-corrected chi connectivity index (χ0v) is 16.0. The highest BCUT2D eigenvalue weighted by atomic mass is 79.9. The fraction of sp³-hybridized carbons (Fsp3) is 0.643. The predicted molar refractivity (Wildman–Crippen MR) is 87.3 cm³/mol. The molecule has 0 saturated carbocycles. The zero-order chi connectivity index (χ0) is 19.6. The van der Waals surface area contributed by atoms with Crippen LogP contribution in [0.1, 0.15) is 32.9 Å². The van der Waals surface area contributed by atoms with Crippen LogP contribution in [-0.2, 0) is 16.9 Å². The number of nitrogens with one attached hydrogen (secondary N) is 1. The van der Waals surface area contributed by atoms with Gasteiger partial charge in [-0.15, -0.1) is 4.72 Å². The molecule has 11 heteroatoms. The Morgan fingerprint density at radius 3 is 2.32 bits per heavy atom. The van der Waals surface area contributed by atoms with Gasteiger partial charge in [0.05, 0.1) is 0 Å². The first-order chi connectivity index (χ1) is 11.2. The quantitative estimate of drug-likeness (QED) is 0.393. The number of aliphatic hydroxyl groups is 1. The van der Waals surface area contributed by atoms with Crippen LogP contribution in [0.5, 0.6) is 0 Å². The van der Waals surface area contributed by atoms with Crippen LogP contribution in [0, 0.1) is 5.82 Å². The van der Waals surface area contributed by atoms with E-state index < -0.39 is 58.5 Å². The van der Waals surface area contributed by atoms with Gasteiger partial charge in [0, 0.05) is 17.8 Å². The van der Waals surface area contributed by atoms with E-state index in [0.29, 0.717) is 0 Å². The third-order valence-electron chi connectivity index (χ3n) is 3.26. The van der Waals surface area contributed by atoms with Crippen LogP contribution in [-0.4, -0.2) is 38.3 Å². The van der Waals surface area contributed by atoms with E-state index in [1.54, 1.807) is 0 Å². The third-order valence-corrected chi connectivity index (χ3v) is 5.39. The van der Waals surface area contributed by atoms with E-state index in [1.807, 2.05) is 0 Å². The molecule has 25 heavy (non-hydrogen) atoms. The summed E-state index contributed by atoms with van der Waals surface area (Å²) in [5.74, 6) is -1.09. The number of aliphatic hydroxyl groups excluding tert-OH is 1. The fourth-order valence-electron chi connectivity index (χ4n) is 1.86. The Bertz CT molecular complexity index is 576. The molecule has 0 amide bonds. The second-order valence-corrected chi connectivity index (χ2v) is 9.20. The Morgan fingerprint density at radius 1 is 1.32 bits per heavy atom. The Labute approximate surface area is 153 Å². The maximum Gasteiger partial charge on any atom is 0.414 e. The fourth-order valence-corrected chi connectivity index (χ4v) is 3.07. The van der Waals surface area contributed by atoms with Crippen molar-refractivity contribution in [2.75, 3.05) is 6.67 Å². The van der Waals surface area contributed by atoms with Crippen molar-refractivity contribution >= 4 is 27.3 Å². The standard InChI is InChI=1S/C14H18BrF5N2O2S/c1-12(2,3)25(24)22-13(7-16,6-9(23)14(18,19)20)11-8(17)4-5-10(15)21-11/h4-5,9,22-23H,6-7H2,1-3H3/t9-,13+,25?/m0/s1. The highest BCUT2D eigenvalue weighted by Crippen LogP contribution is 2.36. The first kappa shape index (κ1) is 22.6. The molecule has 0 aliphatic heterocycles. The van der Waals surface area contributed by atoms with Gasteiger partial charge in [0.15, 0.2) is 6.10 Å². The molecule has 0 aliphatic rings. The number of hydrogen-bond donors (Lipinski definition) is 2. The van der Waals surface area contributed by atoms with Gasteiger partial charge in [0.25, 0.3) is 0 Å². The van der Waals surface area contributed by atoms with Gasteiger partial charge in [-0.05, 0) is 48.8 Å². The molecule has 1 aromatic rings. The minimum absolute atomic E-state index is 0.0477. The summed E-state index contributed by atoms with van der Waals surface area (Å²) in [6, 6.07) is 2.07. The Kier molecular flexibility index (Phi) is 7.25. The Hall–Kier alpha value is -0.490. The molecule has 0 aromatic carbocycles. The van der Waals surface area contributed by atoms with Crippen molar-refractivity contribution in [2.45, 2.75) is 49.8 Å². The van der Waals surface area contributed by atoms with Crippen LogP contribution in [0.3, 0.4) is 0 Å². The maximum absolute atomic E-state index is 14.2. The lowest BCUT2D eigenvalue weighted by Gasteiger charge is -2.36. The average Bonchev–Trinajstić information content (AvgIpc) is 2.46. The maximum atomic E-state index is 14.2. The van der Waals surface area contributed by atoms with E-state index in [9.17, 15) is 31.6 Å². The molecule has 1 heterocycles. The van der Waals surface area contributed by atoms with Crippen LogP contribution in [0.15, 0.2) is 16.7 Å². The van der Waals surface area contributed by atoms with E-state index in [4.69, 9.17) is 0 Å². The predicted octanol–water partition coefficient (Wildman–Crippen LogP) is 3.51. The zero-order valence-electron chi connectivity index (χ0n) is 13.6.